The lowest BCUT2D eigenvalue weighted by molar-refractivity contribution is -0.0660. The van der Waals surface area contributed by atoms with Gasteiger partial charge in [-0.15, -0.1) is 0 Å². The Labute approximate surface area is 60.1 Å². The van der Waals surface area contributed by atoms with Crippen molar-refractivity contribution < 1.29 is 20.1 Å². The predicted molar refractivity (Wildman–Crippen MR) is 35.3 cm³/mol. The van der Waals surface area contributed by atoms with Crippen LogP contribution in [0.3, 0.4) is 0 Å². The van der Waals surface area contributed by atoms with E-state index in [9.17, 15) is 0 Å². The van der Waals surface area contributed by atoms with E-state index in [0.29, 0.717) is 0 Å². The van der Waals surface area contributed by atoms with Gasteiger partial charge >= 0.3 is 0 Å². The van der Waals surface area contributed by atoms with E-state index in [1.165, 1.54) is 0 Å². The normalized spacial score (nSPS) is 14.1. The van der Waals surface area contributed by atoms with Gasteiger partial charge in [0.05, 0.1) is 19.3 Å². The van der Waals surface area contributed by atoms with Gasteiger partial charge in [0.25, 0.3) is 0 Å². The molecule has 3 N–H and O–H groups in total. The second kappa shape index (κ2) is 5.61. The molecule has 0 aromatic rings. The van der Waals surface area contributed by atoms with E-state index in [0.717, 1.165) is 0 Å². The van der Waals surface area contributed by atoms with Gasteiger partial charge in [-0.05, 0) is 6.92 Å². The van der Waals surface area contributed by atoms with E-state index in [1.54, 1.807) is 6.92 Å². The fourth-order valence-corrected chi connectivity index (χ4v) is 0.443. The molecule has 0 heterocycles. The molecule has 0 aromatic carbocycles. The maximum atomic E-state index is 8.67. The van der Waals surface area contributed by atoms with Gasteiger partial charge in [-0.25, -0.2) is 0 Å². The third-order valence-corrected chi connectivity index (χ3v) is 0.879. The lowest BCUT2D eigenvalue weighted by Gasteiger charge is -2.06. The number of aliphatic hydroxyl groups is 3. The molecule has 0 amide bonds. The van der Waals surface area contributed by atoms with Crippen molar-refractivity contribution in [3.63, 3.8) is 0 Å². The van der Waals surface area contributed by atoms with Crippen molar-refractivity contribution in [2.24, 2.45) is 0 Å². The molecule has 4 heteroatoms. The van der Waals surface area contributed by atoms with Crippen LogP contribution in [0.15, 0.2) is 0 Å². The Hall–Kier alpha value is -0.160. The van der Waals surface area contributed by atoms with Crippen molar-refractivity contribution in [2.75, 3.05) is 13.2 Å². The molecule has 10 heavy (non-hydrogen) atoms. The van der Waals surface area contributed by atoms with E-state index in [1.807, 2.05) is 0 Å². The number of aliphatic hydroxyl groups excluding tert-OH is 2. The van der Waals surface area contributed by atoms with Crippen molar-refractivity contribution in [3.05, 3.63) is 0 Å². The van der Waals surface area contributed by atoms with Crippen LogP contribution in [0.1, 0.15) is 13.3 Å². The molecule has 0 aliphatic carbocycles. The van der Waals surface area contributed by atoms with Gasteiger partial charge in [0.1, 0.15) is 0 Å². The molecule has 1 atom stereocenters. The molecule has 0 radical (unpaired) electrons. The number of rotatable bonds is 5. The molecule has 62 valence electrons. The van der Waals surface area contributed by atoms with Gasteiger partial charge in [0.15, 0.2) is 6.29 Å². The molecule has 0 spiro atoms. The summed E-state index contributed by atoms with van der Waals surface area (Å²) in [5.74, 6) is 0. The number of ether oxygens (including phenoxy) is 1. The topological polar surface area (TPSA) is 69.9 Å². The smallest absolute Gasteiger partial charge is 0.153 e. The standard InChI is InChI=1S/C6H14O4/c1-5(7)4-10-3-2-6(8)9/h5-9H,2-4H2,1H3. The van der Waals surface area contributed by atoms with Gasteiger partial charge in [0.2, 0.25) is 0 Å². The van der Waals surface area contributed by atoms with Gasteiger partial charge in [-0.3, -0.25) is 0 Å². The van der Waals surface area contributed by atoms with E-state index in [4.69, 9.17) is 20.1 Å². The van der Waals surface area contributed by atoms with Gasteiger partial charge in [-0.2, -0.15) is 0 Å². The summed E-state index contributed by atoms with van der Waals surface area (Å²) < 4.78 is 4.84. The van der Waals surface area contributed by atoms with Crippen molar-refractivity contribution in [2.45, 2.75) is 25.7 Å². The summed E-state index contributed by atoms with van der Waals surface area (Å²) in [5, 5.41) is 25.3. The minimum Gasteiger partial charge on any atom is -0.391 e. The molecule has 0 rings (SSSR count). The second-order valence-corrected chi connectivity index (χ2v) is 2.19. The van der Waals surface area contributed by atoms with E-state index in [2.05, 4.69) is 0 Å². The van der Waals surface area contributed by atoms with Crippen LogP contribution in [0.25, 0.3) is 0 Å². The molecular weight excluding hydrogens is 136 g/mol. The van der Waals surface area contributed by atoms with Crippen LogP contribution >= 0.6 is 0 Å². The first-order valence-corrected chi connectivity index (χ1v) is 3.25. The van der Waals surface area contributed by atoms with Crippen molar-refractivity contribution >= 4 is 0 Å². The molecule has 0 aliphatic rings. The first-order valence-electron chi connectivity index (χ1n) is 3.25. The lowest BCUT2D eigenvalue weighted by atomic mass is 10.4. The van der Waals surface area contributed by atoms with Crippen LogP contribution in [0.4, 0.5) is 0 Å². The Morgan fingerprint density at radius 1 is 1.30 bits per heavy atom. The molecule has 0 saturated heterocycles. The highest BCUT2D eigenvalue weighted by molar-refractivity contribution is 4.42. The Balaban J connectivity index is 2.91. The molecule has 0 aromatic heterocycles. The summed E-state index contributed by atoms with van der Waals surface area (Å²) >= 11 is 0. The van der Waals surface area contributed by atoms with E-state index in [-0.39, 0.29) is 19.6 Å². The van der Waals surface area contributed by atoms with Crippen LogP contribution < -0.4 is 0 Å². The minimum absolute atomic E-state index is 0.187. The predicted octanol–water partition coefficient (Wildman–Crippen LogP) is -0.915. The molecule has 4 nitrogen and oxygen atoms in total. The van der Waals surface area contributed by atoms with Gasteiger partial charge < -0.3 is 20.1 Å². The highest BCUT2D eigenvalue weighted by atomic mass is 16.5. The highest BCUT2D eigenvalue weighted by Gasteiger charge is 1.98. The maximum absolute atomic E-state index is 8.67. The number of hydrogen-bond donors (Lipinski definition) is 3. The van der Waals surface area contributed by atoms with Crippen LogP contribution in [-0.2, 0) is 4.74 Å². The first-order chi connectivity index (χ1) is 4.63. The molecule has 1 unspecified atom stereocenters. The van der Waals surface area contributed by atoms with E-state index >= 15 is 0 Å². The molecule has 0 saturated carbocycles. The zero-order valence-corrected chi connectivity index (χ0v) is 6.03. The Bertz CT molecular complexity index is 62.1. The average Bonchev–Trinajstić information content (AvgIpc) is 1.79. The van der Waals surface area contributed by atoms with Crippen molar-refractivity contribution in [3.8, 4) is 0 Å². The average molecular weight is 150 g/mol. The number of hydrogen-bond acceptors (Lipinski definition) is 4. The minimum atomic E-state index is -1.31. The summed E-state index contributed by atoms with van der Waals surface area (Å²) in [6, 6.07) is 0. The monoisotopic (exact) mass is 150 g/mol. The zero-order valence-electron chi connectivity index (χ0n) is 6.03. The van der Waals surface area contributed by atoms with E-state index < -0.39 is 12.4 Å². The van der Waals surface area contributed by atoms with Gasteiger partial charge in [-0.1, -0.05) is 0 Å². The lowest BCUT2D eigenvalue weighted by Crippen LogP contribution is -2.14. The molecule has 0 bridgehead atoms. The Morgan fingerprint density at radius 2 is 1.90 bits per heavy atom. The quantitative estimate of drug-likeness (QED) is 0.350. The van der Waals surface area contributed by atoms with Crippen LogP contribution in [-0.4, -0.2) is 40.9 Å². The van der Waals surface area contributed by atoms with Crippen LogP contribution in [0.5, 0.6) is 0 Å². The molecule has 0 fully saturated rings. The second-order valence-electron chi connectivity index (χ2n) is 2.19. The summed E-state index contributed by atoms with van der Waals surface area (Å²) in [6.45, 7) is 2.12. The van der Waals surface area contributed by atoms with Crippen molar-refractivity contribution in [1.29, 1.82) is 0 Å². The largest absolute Gasteiger partial charge is 0.391 e. The SMILES string of the molecule is CC(O)COCCC(O)O. The molecule has 0 aliphatic heterocycles. The molecular formula is C6H14O4. The summed E-state index contributed by atoms with van der Waals surface area (Å²) in [7, 11) is 0. The van der Waals surface area contributed by atoms with Crippen LogP contribution in [0, 0.1) is 0 Å². The summed E-state index contributed by atoms with van der Waals surface area (Å²) in [6.07, 6.45) is -1.61. The summed E-state index contributed by atoms with van der Waals surface area (Å²) in [5.41, 5.74) is 0. The fraction of sp³-hybridized carbons (Fsp3) is 1.00. The Kier molecular flexibility index (Phi) is 5.52. The zero-order chi connectivity index (χ0) is 7.98. The summed E-state index contributed by atoms with van der Waals surface area (Å²) in [4.78, 5) is 0. The third-order valence-electron chi connectivity index (χ3n) is 0.879. The van der Waals surface area contributed by atoms with Gasteiger partial charge in [0, 0.05) is 6.42 Å². The highest BCUT2D eigenvalue weighted by Crippen LogP contribution is 1.89. The first kappa shape index (κ1) is 9.84. The maximum Gasteiger partial charge on any atom is 0.153 e. The van der Waals surface area contributed by atoms with Crippen LogP contribution in [0.2, 0.25) is 0 Å². The third kappa shape index (κ3) is 7.84. The fourth-order valence-electron chi connectivity index (χ4n) is 0.443. The van der Waals surface area contributed by atoms with Crippen molar-refractivity contribution in [1.82, 2.24) is 0 Å². The Morgan fingerprint density at radius 3 is 2.30 bits per heavy atom.